The Kier molecular flexibility index (Phi) is 23.4. The van der Waals surface area contributed by atoms with Gasteiger partial charge < -0.3 is 4.55 Å². The van der Waals surface area contributed by atoms with Gasteiger partial charge in [0.1, 0.15) is 0 Å². The van der Waals surface area contributed by atoms with Gasteiger partial charge in [0.2, 0.25) is 0 Å². The third-order valence-corrected chi connectivity index (χ3v) is 6.52. The maximum atomic E-state index is 11.4. The third kappa shape index (κ3) is 20.8. The van der Waals surface area contributed by atoms with E-state index in [0.717, 1.165) is 12.8 Å². The van der Waals surface area contributed by atoms with E-state index in [1.807, 2.05) is 0 Å². The highest BCUT2D eigenvalue weighted by Crippen LogP contribution is 2.13. The first-order chi connectivity index (χ1) is 13.7. The summed E-state index contributed by atoms with van der Waals surface area (Å²) in [6.07, 6.45) is 25.9. The van der Waals surface area contributed by atoms with Crippen LogP contribution < -0.4 is 0 Å². The smallest absolute Gasteiger partial charge is 0.0209 e. The van der Waals surface area contributed by atoms with Gasteiger partial charge in [-0.3, -0.25) is 4.21 Å². The molecule has 0 aliphatic rings. The average molecular weight is 417 g/mol. The van der Waals surface area contributed by atoms with E-state index in [1.165, 1.54) is 116 Å². The summed E-state index contributed by atoms with van der Waals surface area (Å²) in [5, 5.41) is 0. The van der Waals surface area contributed by atoms with Crippen LogP contribution in [0.3, 0.4) is 0 Å². The Morgan fingerprint density at radius 2 is 0.750 bits per heavy atom. The highest BCUT2D eigenvalue weighted by molar-refractivity contribution is 7.76. The van der Waals surface area contributed by atoms with Gasteiger partial charge in [-0.25, -0.2) is 4.31 Å². The Hall–Kier alpha value is 0.0700. The summed E-state index contributed by atoms with van der Waals surface area (Å²) in [4.78, 5) is 0. The Morgan fingerprint density at radius 3 is 1.00 bits per heavy atom. The maximum Gasteiger partial charge on any atom is 0.0209 e. The zero-order chi connectivity index (χ0) is 20.7. The minimum atomic E-state index is -2.05. The van der Waals surface area contributed by atoms with Crippen molar-refractivity contribution in [3.05, 3.63) is 0 Å². The molecule has 28 heavy (non-hydrogen) atoms. The fourth-order valence-electron chi connectivity index (χ4n) is 3.81. The zero-order valence-electron chi connectivity index (χ0n) is 19.2. The van der Waals surface area contributed by atoms with Crippen LogP contribution in [0.4, 0.5) is 0 Å². The highest BCUT2D eigenvalue weighted by atomic mass is 32.2. The molecule has 0 aromatic rings. The second kappa shape index (κ2) is 23.3. The van der Waals surface area contributed by atoms with Crippen molar-refractivity contribution in [3.63, 3.8) is 0 Å². The van der Waals surface area contributed by atoms with Gasteiger partial charge in [0, 0.05) is 24.4 Å². The van der Waals surface area contributed by atoms with Crippen molar-refractivity contribution < 1.29 is 8.76 Å². The van der Waals surface area contributed by atoms with Gasteiger partial charge in [-0.1, -0.05) is 129 Å². The zero-order valence-corrected chi connectivity index (χ0v) is 20.0. The molecule has 0 aliphatic heterocycles. The first-order valence-electron chi connectivity index (χ1n) is 12.6. The van der Waals surface area contributed by atoms with Gasteiger partial charge in [0.15, 0.2) is 0 Å². The standard InChI is InChI=1S/C24H51NO2S/c1-3-5-7-9-11-13-15-17-19-21-23-25(28(26)27)24-22-20-18-16-14-12-10-8-6-4-2/h3-24H2,1-2H3,(H,26,27)/p-1. The summed E-state index contributed by atoms with van der Waals surface area (Å²) in [6.45, 7) is 5.94. The molecule has 3 nitrogen and oxygen atoms in total. The van der Waals surface area contributed by atoms with E-state index in [1.54, 1.807) is 4.31 Å². The molecular weight excluding hydrogens is 366 g/mol. The van der Waals surface area contributed by atoms with Gasteiger partial charge in [-0.15, -0.1) is 0 Å². The molecule has 0 aliphatic carbocycles. The topological polar surface area (TPSA) is 43.4 Å². The Labute approximate surface area is 179 Å². The molecule has 170 valence electrons. The summed E-state index contributed by atoms with van der Waals surface area (Å²) >= 11 is -2.05. The van der Waals surface area contributed by atoms with Crippen molar-refractivity contribution in [2.75, 3.05) is 13.1 Å². The van der Waals surface area contributed by atoms with Crippen LogP contribution in [-0.4, -0.2) is 26.2 Å². The van der Waals surface area contributed by atoms with Gasteiger partial charge in [0.05, 0.1) is 0 Å². The molecule has 1 unspecified atom stereocenters. The quantitative estimate of drug-likeness (QED) is 0.125. The summed E-state index contributed by atoms with van der Waals surface area (Å²) in [7, 11) is 0. The number of hydrogen-bond donors (Lipinski definition) is 0. The van der Waals surface area contributed by atoms with E-state index in [2.05, 4.69) is 13.8 Å². The molecule has 0 rings (SSSR count). The summed E-state index contributed by atoms with van der Waals surface area (Å²) in [5.41, 5.74) is 0. The third-order valence-electron chi connectivity index (χ3n) is 5.73. The number of nitrogens with zero attached hydrogens (tertiary/aromatic N) is 1. The van der Waals surface area contributed by atoms with E-state index in [9.17, 15) is 8.76 Å². The Morgan fingerprint density at radius 1 is 0.500 bits per heavy atom. The molecule has 0 saturated carbocycles. The van der Waals surface area contributed by atoms with Crippen molar-refractivity contribution in [2.24, 2.45) is 0 Å². The summed E-state index contributed by atoms with van der Waals surface area (Å²) in [6, 6.07) is 0. The molecule has 1 atom stereocenters. The van der Waals surface area contributed by atoms with Gasteiger partial charge in [-0.2, -0.15) is 0 Å². The molecule has 0 bridgehead atoms. The SMILES string of the molecule is CCCCCCCCCCCCN(CCCCCCCCCCCC)S(=O)[O-]. The molecule has 0 amide bonds. The monoisotopic (exact) mass is 416 g/mol. The van der Waals surface area contributed by atoms with Crippen molar-refractivity contribution in [1.29, 1.82) is 0 Å². The average Bonchev–Trinajstić information content (AvgIpc) is 2.68. The van der Waals surface area contributed by atoms with Crippen LogP contribution in [0.5, 0.6) is 0 Å². The number of hydrogen-bond acceptors (Lipinski definition) is 2. The molecule has 0 N–H and O–H groups in total. The first kappa shape index (κ1) is 28.1. The van der Waals surface area contributed by atoms with Crippen molar-refractivity contribution in [3.8, 4) is 0 Å². The molecule has 0 heterocycles. The molecule has 0 spiro atoms. The Balaban J connectivity index is 3.45. The van der Waals surface area contributed by atoms with Crippen molar-refractivity contribution in [2.45, 2.75) is 142 Å². The number of rotatable bonds is 23. The lowest BCUT2D eigenvalue weighted by atomic mass is 10.1. The summed E-state index contributed by atoms with van der Waals surface area (Å²) < 4.78 is 24.5. The second-order valence-electron chi connectivity index (χ2n) is 8.51. The molecule has 0 saturated heterocycles. The fraction of sp³-hybridized carbons (Fsp3) is 1.00. The van der Waals surface area contributed by atoms with Crippen LogP contribution in [0.25, 0.3) is 0 Å². The normalized spacial score (nSPS) is 12.7. The van der Waals surface area contributed by atoms with Crippen LogP contribution in [-0.2, 0) is 11.3 Å². The lowest BCUT2D eigenvalue weighted by molar-refractivity contribution is 0.366. The fourth-order valence-corrected chi connectivity index (χ4v) is 4.37. The van der Waals surface area contributed by atoms with Crippen molar-refractivity contribution in [1.82, 2.24) is 4.31 Å². The van der Waals surface area contributed by atoms with Gasteiger partial charge in [-0.05, 0) is 12.8 Å². The lowest BCUT2D eigenvalue weighted by Gasteiger charge is -2.24. The number of unbranched alkanes of at least 4 members (excludes halogenated alkanes) is 18. The second-order valence-corrected chi connectivity index (χ2v) is 9.46. The minimum Gasteiger partial charge on any atom is -0.760 e. The Bertz CT molecular complexity index is 302. The van der Waals surface area contributed by atoms with E-state index < -0.39 is 11.3 Å². The van der Waals surface area contributed by atoms with Crippen LogP contribution >= 0.6 is 0 Å². The van der Waals surface area contributed by atoms with Gasteiger partial charge >= 0.3 is 0 Å². The summed E-state index contributed by atoms with van der Waals surface area (Å²) in [5.74, 6) is 0. The van der Waals surface area contributed by atoms with E-state index in [4.69, 9.17) is 0 Å². The molecule has 0 fully saturated rings. The molecule has 0 radical (unpaired) electrons. The molecule has 4 heteroatoms. The van der Waals surface area contributed by atoms with E-state index in [0.29, 0.717) is 13.1 Å². The van der Waals surface area contributed by atoms with Crippen LogP contribution in [0.15, 0.2) is 0 Å². The molecule has 0 aromatic carbocycles. The maximum absolute atomic E-state index is 11.4. The minimum absolute atomic E-state index is 0.712. The van der Waals surface area contributed by atoms with Crippen LogP contribution in [0.1, 0.15) is 142 Å². The first-order valence-corrected chi connectivity index (χ1v) is 13.6. The predicted molar refractivity (Wildman–Crippen MR) is 124 cm³/mol. The molecular formula is C24H50NO2S-. The van der Waals surface area contributed by atoms with Gasteiger partial charge in [0.25, 0.3) is 0 Å². The molecule has 0 aromatic heterocycles. The van der Waals surface area contributed by atoms with Crippen LogP contribution in [0.2, 0.25) is 0 Å². The highest BCUT2D eigenvalue weighted by Gasteiger charge is 2.05. The predicted octanol–water partition coefficient (Wildman–Crippen LogP) is 7.92. The van der Waals surface area contributed by atoms with E-state index in [-0.39, 0.29) is 0 Å². The van der Waals surface area contributed by atoms with Crippen LogP contribution in [0, 0.1) is 0 Å². The lowest BCUT2D eigenvalue weighted by Crippen LogP contribution is -2.28. The van der Waals surface area contributed by atoms with E-state index >= 15 is 0 Å². The van der Waals surface area contributed by atoms with Crippen molar-refractivity contribution >= 4 is 11.3 Å². The largest absolute Gasteiger partial charge is 0.760 e.